The van der Waals surface area contributed by atoms with E-state index in [0.29, 0.717) is 28.1 Å². The molecule has 2 rings (SSSR count). The third kappa shape index (κ3) is 2.97. The minimum absolute atomic E-state index is 0.0485. The van der Waals surface area contributed by atoms with Gasteiger partial charge in [0, 0.05) is 18.6 Å². The molecule has 98 valence electrons. The van der Waals surface area contributed by atoms with Crippen LogP contribution in [0, 0.1) is 5.92 Å². The van der Waals surface area contributed by atoms with E-state index in [2.05, 4.69) is 5.32 Å². The summed E-state index contributed by atoms with van der Waals surface area (Å²) in [5.74, 6) is 0.125. The second-order valence-electron chi connectivity index (χ2n) is 4.48. The van der Waals surface area contributed by atoms with Crippen LogP contribution in [-0.4, -0.2) is 25.2 Å². The Labute approximate surface area is 116 Å². The summed E-state index contributed by atoms with van der Waals surface area (Å²) in [5.41, 5.74) is 0.339. The highest BCUT2D eigenvalue weighted by Crippen LogP contribution is 2.25. The van der Waals surface area contributed by atoms with Gasteiger partial charge in [-0.15, -0.1) is 0 Å². The molecule has 1 amide bonds. The summed E-state index contributed by atoms with van der Waals surface area (Å²) in [6, 6.07) is 5.08. The Morgan fingerprint density at radius 3 is 2.67 bits per heavy atom. The summed E-state index contributed by atoms with van der Waals surface area (Å²) in [6.45, 7) is 3.43. The lowest BCUT2D eigenvalue weighted by Gasteiger charge is -2.19. The average molecular weight is 288 g/mol. The van der Waals surface area contributed by atoms with Crippen molar-refractivity contribution in [2.45, 2.75) is 19.4 Å². The maximum Gasteiger partial charge on any atom is 0.254 e. The van der Waals surface area contributed by atoms with E-state index in [9.17, 15) is 4.79 Å². The van der Waals surface area contributed by atoms with E-state index in [1.165, 1.54) is 0 Å². The fourth-order valence-corrected chi connectivity index (χ4v) is 2.63. The van der Waals surface area contributed by atoms with Gasteiger partial charge in [0.25, 0.3) is 5.91 Å². The molecular weight excluding hydrogens is 273 g/mol. The number of amides is 1. The Kier molecular flexibility index (Phi) is 4.49. The summed E-state index contributed by atoms with van der Waals surface area (Å²) >= 11 is 12.0. The molecule has 1 aliphatic heterocycles. The lowest BCUT2D eigenvalue weighted by atomic mass is 10.0. The predicted molar refractivity (Wildman–Crippen MR) is 72.3 cm³/mol. The zero-order valence-electron chi connectivity index (χ0n) is 10.1. The molecule has 0 aromatic heterocycles. The highest BCUT2D eigenvalue weighted by Gasteiger charge is 2.25. The molecule has 0 saturated carbocycles. The van der Waals surface area contributed by atoms with Crippen LogP contribution < -0.4 is 5.32 Å². The Morgan fingerprint density at radius 1 is 1.44 bits per heavy atom. The summed E-state index contributed by atoms with van der Waals surface area (Å²) in [7, 11) is 0. The molecule has 1 aromatic carbocycles. The number of rotatable bonds is 3. The van der Waals surface area contributed by atoms with Crippen LogP contribution >= 0.6 is 23.2 Å². The Hall–Kier alpha value is -0.770. The fourth-order valence-electron chi connectivity index (χ4n) is 2.06. The lowest BCUT2D eigenvalue weighted by molar-refractivity contribution is 0.0922. The molecule has 1 saturated heterocycles. The number of hydrogen-bond donors (Lipinski definition) is 1. The van der Waals surface area contributed by atoms with Crippen molar-refractivity contribution in [2.75, 3.05) is 13.2 Å². The second kappa shape index (κ2) is 5.91. The zero-order chi connectivity index (χ0) is 13.1. The molecular formula is C13H15Cl2NO2. The third-order valence-corrected chi connectivity index (χ3v) is 3.85. The molecule has 2 atom stereocenters. The summed E-state index contributed by atoms with van der Waals surface area (Å²) in [5, 5.41) is 3.67. The molecule has 3 nitrogen and oxygen atoms in total. The third-order valence-electron chi connectivity index (χ3n) is 3.22. The highest BCUT2D eigenvalue weighted by molar-refractivity contribution is 6.39. The first-order valence-electron chi connectivity index (χ1n) is 5.92. The molecule has 0 radical (unpaired) electrons. The molecule has 18 heavy (non-hydrogen) atoms. The SMILES string of the molecule is CC(NC(=O)c1c(Cl)cccc1Cl)C1CCOC1. The van der Waals surface area contributed by atoms with Gasteiger partial charge in [-0.05, 0) is 25.5 Å². The molecule has 1 N–H and O–H groups in total. The average Bonchev–Trinajstić information content (AvgIpc) is 2.81. The van der Waals surface area contributed by atoms with Crippen LogP contribution in [0.3, 0.4) is 0 Å². The van der Waals surface area contributed by atoms with Gasteiger partial charge < -0.3 is 10.1 Å². The first-order chi connectivity index (χ1) is 8.59. The minimum Gasteiger partial charge on any atom is -0.381 e. The van der Waals surface area contributed by atoms with Gasteiger partial charge in [-0.1, -0.05) is 29.3 Å². The van der Waals surface area contributed by atoms with E-state index >= 15 is 0 Å². The maximum absolute atomic E-state index is 12.1. The quantitative estimate of drug-likeness (QED) is 0.928. The Morgan fingerprint density at radius 2 is 2.11 bits per heavy atom. The van der Waals surface area contributed by atoms with Gasteiger partial charge in [0.1, 0.15) is 0 Å². The van der Waals surface area contributed by atoms with Gasteiger partial charge in [0.05, 0.1) is 22.2 Å². The van der Waals surface area contributed by atoms with E-state index in [4.69, 9.17) is 27.9 Å². The minimum atomic E-state index is -0.231. The largest absolute Gasteiger partial charge is 0.381 e. The van der Waals surface area contributed by atoms with Crippen LogP contribution in [0.25, 0.3) is 0 Å². The van der Waals surface area contributed by atoms with Gasteiger partial charge in [0.2, 0.25) is 0 Å². The second-order valence-corrected chi connectivity index (χ2v) is 5.30. The summed E-state index contributed by atoms with van der Waals surface area (Å²) in [6.07, 6.45) is 0.970. The van der Waals surface area contributed by atoms with Gasteiger partial charge >= 0.3 is 0 Å². The summed E-state index contributed by atoms with van der Waals surface area (Å²) < 4.78 is 5.31. The zero-order valence-corrected chi connectivity index (χ0v) is 11.6. The van der Waals surface area contributed by atoms with Gasteiger partial charge in [-0.25, -0.2) is 0 Å². The van der Waals surface area contributed by atoms with E-state index in [1.54, 1.807) is 18.2 Å². The standard InChI is InChI=1S/C13H15Cl2NO2/c1-8(9-5-6-18-7-9)16-13(17)12-10(14)3-2-4-11(12)15/h2-4,8-9H,5-7H2,1H3,(H,16,17). The van der Waals surface area contributed by atoms with Gasteiger partial charge in [0.15, 0.2) is 0 Å². The number of hydrogen-bond acceptors (Lipinski definition) is 2. The van der Waals surface area contributed by atoms with Gasteiger partial charge in [-0.3, -0.25) is 4.79 Å². The molecule has 5 heteroatoms. The van der Waals surface area contributed by atoms with Crippen LogP contribution in [0.5, 0.6) is 0 Å². The molecule has 1 fully saturated rings. The first-order valence-corrected chi connectivity index (χ1v) is 6.68. The Bertz CT molecular complexity index is 424. The predicted octanol–water partition coefficient (Wildman–Crippen LogP) is 3.15. The first kappa shape index (κ1) is 13.7. The molecule has 1 aliphatic rings. The number of halogens is 2. The van der Waals surface area contributed by atoms with Crippen molar-refractivity contribution in [1.29, 1.82) is 0 Å². The molecule has 0 bridgehead atoms. The normalized spacial score (nSPS) is 20.7. The highest BCUT2D eigenvalue weighted by atomic mass is 35.5. The number of benzene rings is 1. The number of carbonyl (C=O) groups excluding carboxylic acids is 1. The van der Waals surface area contributed by atoms with E-state index in [0.717, 1.165) is 13.0 Å². The lowest BCUT2D eigenvalue weighted by Crippen LogP contribution is -2.38. The molecule has 1 aromatic rings. The van der Waals surface area contributed by atoms with Crippen molar-refractivity contribution in [3.63, 3.8) is 0 Å². The van der Waals surface area contributed by atoms with Crippen LogP contribution in [0.2, 0.25) is 10.0 Å². The Balaban J connectivity index is 2.07. The number of nitrogens with one attached hydrogen (secondary N) is 1. The van der Waals surface area contributed by atoms with Crippen LogP contribution in [-0.2, 0) is 4.74 Å². The molecule has 1 heterocycles. The van der Waals surface area contributed by atoms with Crippen LogP contribution in [0.15, 0.2) is 18.2 Å². The molecule has 0 spiro atoms. The van der Waals surface area contributed by atoms with Crippen LogP contribution in [0.4, 0.5) is 0 Å². The smallest absolute Gasteiger partial charge is 0.254 e. The van der Waals surface area contributed by atoms with Crippen molar-refractivity contribution in [2.24, 2.45) is 5.92 Å². The number of carbonyl (C=O) groups is 1. The topological polar surface area (TPSA) is 38.3 Å². The maximum atomic E-state index is 12.1. The van der Waals surface area contributed by atoms with Crippen molar-refractivity contribution in [1.82, 2.24) is 5.32 Å². The van der Waals surface area contributed by atoms with Crippen molar-refractivity contribution >= 4 is 29.1 Å². The van der Waals surface area contributed by atoms with Crippen molar-refractivity contribution in [3.05, 3.63) is 33.8 Å². The molecule has 0 aliphatic carbocycles. The van der Waals surface area contributed by atoms with E-state index in [-0.39, 0.29) is 11.9 Å². The van der Waals surface area contributed by atoms with E-state index < -0.39 is 0 Å². The number of ether oxygens (including phenoxy) is 1. The van der Waals surface area contributed by atoms with Crippen molar-refractivity contribution in [3.8, 4) is 0 Å². The van der Waals surface area contributed by atoms with Gasteiger partial charge in [-0.2, -0.15) is 0 Å². The molecule has 2 unspecified atom stereocenters. The van der Waals surface area contributed by atoms with E-state index in [1.807, 2.05) is 6.92 Å². The monoisotopic (exact) mass is 287 g/mol. The van der Waals surface area contributed by atoms with Crippen molar-refractivity contribution < 1.29 is 9.53 Å². The fraction of sp³-hybridized carbons (Fsp3) is 0.462. The summed E-state index contributed by atoms with van der Waals surface area (Å²) in [4.78, 5) is 12.1. The van der Waals surface area contributed by atoms with Crippen LogP contribution in [0.1, 0.15) is 23.7 Å².